The molecule has 3 aliphatic rings. The highest BCUT2D eigenvalue weighted by Crippen LogP contribution is 2.35. The highest BCUT2D eigenvalue weighted by atomic mass is 35.5. The number of benzene rings is 3. The van der Waals surface area contributed by atoms with E-state index in [1.165, 1.54) is 23.5 Å². The summed E-state index contributed by atoms with van der Waals surface area (Å²) in [5, 5.41) is 3.07. The number of ether oxygens (including phenoxy) is 2. The van der Waals surface area contributed by atoms with Crippen LogP contribution in [0.25, 0.3) is 0 Å². The van der Waals surface area contributed by atoms with E-state index in [9.17, 15) is 9.18 Å². The highest BCUT2D eigenvalue weighted by molar-refractivity contribution is 7.11. The van der Waals surface area contributed by atoms with Crippen molar-refractivity contribution in [3.63, 3.8) is 0 Å². The molecule has 1 aromatic heterocycles. The molecule has 236 valence electrons. The summed E-state index contributed by atoms with van der Waals surface area (Å²) in [6, 6.07) is 19.2. The molecule has 0 N–H and O–H groups in total. The van der Waals surface area contributed by atoms with E-state index in [0.717, 1.165) is 46.6 Å². The number of aromatic nitrogens is 1. The molecule has 9 nitrogen and oxygen atoms in total. The van der Waals surface area contributed by atoms with Crippen LogP contribution in [-0.4, -0.2) is 84.5 Å². The van der Waals surface area contributed by atoms with E-state index < -0.39 is 0 Å². The quantitative estimate of drug-likeness (QED) is 0.210. The number of likely N-dealkylation sites (N-methyl/N-ethyl adjacent to an activating group) is 1. The van der Waals surface area contributed by atoms with Gasteiger partial charge in [0.1, 0.15) is 23.1 Å². The fraction of sp³-hybridized carbons (Fsp3) is 0.265. The van der Waals surface area contributed by atoms with Crippen molar-refractivity contribution in [1.82, 2.24) is 19.7 Å². The van der Waals surface area contributed by atoms with E-state index in [-0.39, 0.29) is 23.9 Å². The highest BCUT2D eigenvalue weighted by Gasteiger charge is 2.41. The summed E-state index contributed by atoms with van der Waals surface area (Å²) in [6.07, 6.45) is 3.85. The third-order valence-electron chi connectivity index (χ3n) is 8.53. The van der Waals surface area contributed by atoms with Crippen molar-refractivity contribution in [2.75, 3.05) is 51.8 Å². The summed E-state index contributed by atoms with van der Waals surface area (Å²) in [7, 11) is 3.62. The Morgan fingerprint density at radius 1 is 1.00 bits per heavy atom. The molecular weight excluding hydrogens is 627 g/mol. The molecule has 7 rings (SSSR count). The number of hydrogen-bond acceptors (Lipinski definition) is 8. The summed E-state index contributed by atoms with van der Waals surface area (Å²) < 4.78 is 25.0. The summed E-state index contributed by atoms with van der Waals surface area (Å²) in [5.74, 6) is 2.53. The van der Waals surface area contributed by atoms with Crippen LogP contribution in [0.1, 0.15) is 16.6 Å². The van der Waals surface area contributed by atoms with Crippen molar-refractivity contribution < 1.29 is 18.7 Å². The maximum absolute atomic E-state index is 13.9. The largest absolute Gasteiger partial charge is 0.497 e. The van der Waals surface area contributed by atoms with E-state index in [2.05, 4.69) is 20.9 Å². The van der Waals surface area contributed by atoms with E-state index in [1.807, 2.05) is 70.8 Å². The lowest BCUT2D eigenvalue weighted by Crippen LogP contribution is -2.53. The second kappa shape index (κ2) is 12.7. The van der Waals surface area contributed by atoms with Crippen LogP contribution >= 0.6 is 22.9 Å². The van der Waals surface area contributed by atoms with Crippen molar-refractivity contribution in [2.45, 2.75) is 12.1 Å². The summed E-state index contributed by atoms with van der Waals surface area (Å²) >= 11 is 8.00. The second-order valence-electron chi connectivity index (χ2n) is 11.4. The van der Waals surface area contributed by atoms with E-state index >= 15 is 0 Å². The van der Waals surface area contributed by atoms with Crippen LogP contribution < -0.4 is 14.4 Å². The molecule has 2 amide bonds. The van der Waals surface area contributed by atoms with Gasteiger partial charge in [-0.05, 0) is 72.3 Å². The molecule has 3 aliphatic heterocycles. The lowest BCUT2D eigenvalue weighted by molar-refractivity contribution is 0.125. The lowest BCUT2D eigenvalue weighted by Gasteiger charge is -2.39. The molecule has 12 heteroatoms. The molecular formula is C34H32ClFN6O3S. The first-order valence-electron chi connectivity index (χ1n) is 15.0. The molecule has 4 aromatic rings. The zero-order valence-electron chi connectivity index (χ0n) is 25.3. The Bertz CT molecular complexity index is 1780. The predicted molar refractivity (Wildman–Crippen MR) is 178 cm³/mol. The second-order valence-corrected chi connectivity index (χ2v) is 12.7. The number of thiazole rings is 1. The van der Waals surface area contributed by atoms with Crippen molar-refractivity contribution in [2.24, 2.45) is 4.99 Å². The summed E-state index contributed by atoms with van der Waals surface area (Å²) in [6.45, 7) is 3.37. The molecule has 0 saturated carbocycles. The number of carbonyl (C=O) groups excluding carboxylic acids is 1. The van der Waals surface area contributed by atoms with Gasteiger partial charge in [0.05, 0.1) is 19.2 Å². The minimum atomic E-state index is -0.383. The van der Waals surface area contributed by atoms with Gasteiger partial charge in [0, 0.05) is 67.8 Å². The van der Waals surface area contributed by atoms with Gasteiger partial charge in [-0.25, -0.2) is 14.2 Å². The van der Waals surface area contributed by atoms with Gasteiger partial charge < -0.3 is 19.3 Å². The molecule has 2 atom stereocenters. The zero-order chi connectivity index (χ0) is 31.8. The number of halogens is 2. The number of aliphatic imine (C=N–C) groups is 1. The number of amidine groups is 1. The van der Waals surface area contributed by atoms with Crippen molar-refractivity contribution >= 4 is 40.5 Å². The number of fused-ring (bicyclic) bond motifs is 1. The monoisotopic (exact) mass is 658 g/mol. The van der Waals surface area contributed by atoms with Crippen LogP contribution in [0.2, 0.25) is 5.02 Å². The summed E-state index contributed by atoms with van der Waals surface area (Å²) in [4.78, 5) is 31.2. The minimum Gasteiger partial charge on any atom is -0.497 e. The summed E-state index contributed by atoms with van der Waals surface area (Å²) in [5.41, 5.74) is 2.63. The number of amides is 2. The Morgan fingerprint density at radius 3 is 2.43 bits per heavy atom. The molecule has 2 saturated heterocycles. The van der Waals surface area contributed by atoms with Gasteiger partial charge in [-0.15, -0.1) is 11.3 Å². The molecule has 0 spiro atoms. The SMILES string of the molecule is COc1ccc(Oc2ccc(N3C[C@@H]4CN(CC5=C[C@H](c6ccc(F)cc6Cl)N=C(c6nccs6)N5C)CCN4C3=O)cc2)cc1. The normalized spacial score (nSPS) is 20.0. The van der Waals surface area contributed by atoms with Crippen LogP contribution in [0.5, 0.6) is 17.2 Å². The van der Waals surface area contributed by atoms with Crippen molar-refractivity contribution in [1.29, 1.82) is 0 Å². The molecule has 46 heavy (non-hydrogen) atoms. The molecule has 4 heterocycles. The number of anilines is 1. The van der Waals surface area contributed by atoms with Gasteiger partial charge in [-0.1, -0.05) is 17.7 Å². The first kappa shape index (κ1) is 30.2. The number of methoxy groups -OCH3 is 1. The number of nitrogens with zero attached hydrogens (tertiary/aromatic N) is 6. The van der Waals surface area contributed by atoms with Crippen LogP contribution in [0.15, 0.2) is 95.1 Å². The third kappa shape index (κ3) is 6.05. The van der Waals surface area contributed by atoms with Crippen molar-refractivity contribution in [3.8, 4) is 17.2 Å². The van der Waals surface area contributed by atoms with Gasteiger partial charge >= 0.3 is 6.03 Å². The van der Waals surface area contributed by atoms with E-state index in [1.54, 1.807) is 19.4 Å². The van der Waals surface area contributed by atoms with Crippen molar-refractivity contribution in [3.05, 3.63) is 111 Å². The average Bonchev–Trinajstić information content (AvgIpc) is 3.71. The Labute approximate surface area is 275 Å². The van der Waals surface area contributed by atoms with Gasteiger partial charge in [0.15, 0.2) is 10.8 Å². The first-order valence-corrected chi connectivity index (χ1v) is 16.2. The number of rotatable bonds is 8. The van der Waals surface area contributed by atoms with E-state index in [4.69, 9.17) is 26.1 Å². The third-order valence-corrected chi connectivity index (χ3v) is 9.63. The lowest BCUT2D eigenvalue weighted by atomic mass is 10.0. The Hall–Kier alpha value is -4.45. The fourth-order valence-electron chi connectivity index (χ4n) is 6.11. The number of piperazine rings is 1. The molecule has 0 radical (unpaired) electrons. The smallest absolute Gasteiger partial charge is 0.324 e. The standard InChI is InChI=1S/C34H32ClFN6O3S/c1-39-24(18-31(29-12-3-22(36)17-30(29)35)38-32(39)33-37-13-16-46-33)19-40-14-15-41-25(20-40)21-42(34(41)43)23-4-6-27(7-5-23)45-28-10-8-26(44-2)9-11-28/h3-13,16-18,25,31H,14-15,19-21H2,1-2H3/t25-,31+/m0/s1. The van der Waals surface area contributed by atoms with Gasteiger partial charge in [-0.2, -0.15) is 0 Å². The van der Waals surface area contributed by atoms with Gasteiger partial charge in [0.2, 0.25) is 0 Å². The topological polar surface area (TPSA) is 73.7 Å². The number of hydrogen-bond donors (Lipinski definition) is 0. The van der Waals surface area contributed by atoms with Crippen LogP contribution in [-0.2, 0) is 0 Å². The Kier molecular flexibility index (Phi) is 8.37. The van der Waals surface area contributed by atoms with Crippen LogP contribution in [0.4, 0.5) is 14.9 Å². The number of carbonyl (C=O) groups is 1. The molecule has 3 aromatic carbocycles. The van der Waals surface area contributed by atoms with Gasteiger partial charge in [0.25, 0.3) is 0 Å². The molecule has 0 aliphatic carbocycles. The number of urea groups is 1. The molecule has 0 bridgehead atoms. The maximum atomic E-state index is 13.9. The minimum absolute atomic E-state index is 0.0201. The fourth-order valence-corrected chi connectivity index (χ4v) is 7.06. The average molecular weight is 659 g/mol. The van der Waals surface area contributed by atoms with Gasteiger partial charge in [-0.3, -0.25) is 14.8 Å². The van der Waals surface area contributed by atoms with Crippen LogP contribution in [0, 0.1) is 5.82 Å². The van der Waals surface area contributed by atoms with E-state index in [0.29, 0.717) is 36.2 Å². The maximum Gasteiger partial charge on any atom is 0.324 e. The predicted octanol–water partition coefficient (Wildman–Crippen LogP) is 6.68. The Balaban J connectivity index is 1.04. The molecule has 2 fully saturated rings. The molecule has 0 unspecified atom stereocenters. The van der Waals surface area contributed by atoms with Crippen LogP contribution in [0.3, 0.4) is 0 Å². The zero-order valence-corrected chi connectivity index (χ0v) is 26.9. The Morgan fingerprint density at radius 2 is 1.74 bits per heavy atom. The first-order chi connectivity index (χ1) is 22.4.